The average molecular weight is 438 g/mol. The van der Waals surface area contributed by atoms with E-state index in [0.717, 1.165) is 34.5 Å². The predicted octanol–water partition coefficient (Wildman–Crippen LogP) is 4.63. The Morgan fingerprint density at radius 2 is 1.97 bits per heavy atom. The van der Waals surface area contributed by atoms with Crippen molar-refractivity contribution >= 4 is 34.8 Å². The second kappa shape index (κ2) is 7.41. The van der Waals surface area contributed by atoms with Crippen molar-refractivity contribution < 1.29 is 9.59 Å². The van der Waals surface area contributed by atoms with E-state index in [2.05, 4.69) is 18.0 Å². The third-order valence-electron chi connectivity index (χ3n) is 6.79. The molecule has 1 fully saturated rings. The molecule has 2 aliphatic rings. The summed E-state index contributed by atoms with van der Waals surface area (Å²) in [6.45, 7) is 10.7. The molecule has 0 saturated carbocycles. The minimum absolute atomic E-state index is 0.0793. The van der Waals surface area contributed by atoms with Gasteiger partial charge in [-0.25, -0.2) is 0 Å². The van der Waals surface area contributed by atoms with Crippen LogP contribution >= 0.6 is 11.6 Å². The molecular formula is C25H28ClN3O2. The first-order chi connectivity index (χ1) is 14.6. The van der Waals surface area contributed by atoms with Crippen molar-refractivity contribution in [2.75, 3.05) is 30.4 Å². The number of likely N-dealkylation sites (tertiary alicyclic amines) is 1. The first kappa shape index (κ1) is 21.4. The molecule has 2 heterocycles. The van der Waals surface area contributed by atoms with Crippen LogP contribution in [0.2, 0.25) is 5.02 Å². The van der Waals surface area contributed by atoms with Crippen molar-refractivity contribution in [1.82, 2.24) is 4.90 Å². The molecule has 0 unspecified atom stereocenters. The number of benzene rings is 2. The van der Waals surface area contributed by atoms with E-state index in [1.807, 2.05) is 63.1 Å². The molecule has 1 N–H and O–H groups in total. The van der Waals surface area contributed by atoms with Crippen LogP contribution in [-0.4, -0.2) is 36.9 Å². The fourth-order valence-electron chi connectivity index (χ4n) is 4.98. The lowest BCUT2D eigenvalue weighted by Crippen LogP contribution is -2.40. The Bertz CT molecular complexity index is 1090. The predicted molar refractivity (Wildman–Crippen MR) is 126 cm³/mol. The molecule has 4 rings (SSSR count). The first-order valence-corrected chi connectivity index (χ1v) is 10.9. The van der Waals surface area contributed by atoms with Crippen LogP contribution in [0.1, 0.15) is 37.0 Å². The van der Waals surface area contributed by atoms with Crippen molar-refractivity contribution in [2.24, 2.45) is 0 Å². The van der Waals surface area contributed by atoms with Crippen LogP contribution in [0.5, 0.6) is 0 Å². The number of carbonyl (C=O) groups is 2. The molecule has 2 amide bonds. The van der Waals surface area contributed by atoms with Gasteiger partial charge in [-0.15, -0.1) is 0 Å². The zero-order valence-electron chi connectivity index (χ0n) is 18.5. The number of likely N-dealkylation sites (N-methyl/N-ethyl adjacent to an activating group) is 1. The van der Waals surface area contributed by atoms with E-state index in [9.17, 15) is 9.59 Å². The maximum absolute atomic E-state index is 12.7. The van der Waals surface area contributed by atoms with Gasteiger partial charge in [0.1, 0.15) is 0 Å². The SMILES string of the molecule is C=CC(=O)N1CC[C@](Nc2ccc3c(c2)N(C)C(=O)C3(C)C)(c2cccc(Cl)c2C)C1. The molecule has 2 aliphatic heterocycles. The molecule has 1 atom stereocenters. The van der Waals surface area contributed by atoms with Crippen molar-refractivity contribution in [3.8, 4) is 0 Å². The highest BCUT2D eigenvalue weighted by molar-refractivity contribution is 6.31. The van der Waals surface area contributed by atoms with Gasteiger partial charge in [-0.1, -0.05) is 36.4 Å². The molecule has 5 nitrogen and oxygen atoms in total. The average Bonchev–Trinajstić information content (AvgIpc) is 3.24. The van der Waals surface area contributed by atoms with Gasteiger partial charge in [0, 0.05) is 36.5 Å². The summed E-state index contributed by atoms with van der Waals surface area (Å²) in [5, 5.41) is 4.42. The molecule has 2 aromatic carbocycles. The fourth-order valence-corrected chi connectivity index (χ4v) is 5.15. The number of anilines is 2. The number of rotatable bonds is 4. The zero-order chi connectivity index (χ0) is 22.6. The van der Waals surface area contributed by atoms with Gasteiger partial charge in [-0.3, -0.25) is 9.59 Å². The van der Waals surface area contributed by atoms with Crippen LogP contribution in [0.4, 0.5) is 11.4 Å². The number of hydrogen-bond acceptors (Lipinski definition) is 3. The summed E-state index contributed by atoms with van der Waals surface area (Å²) in [4.78, 5) is 28.6. The number of fused-ring (bicyclic) bond motifs is 1. The third kappa shape index (κ3) is 3.32. The molecule has 2 aromatic rings. The van der Waals surface area contributed by atoms with Gasteiger partial charge in [0.15, 0.2) is 0 Å². The van der Waals surface area contributed by atoms with Gasteiger partial charge in [0.2, 0.25) is 11.8 Å². The van der Waals surface area contributed by atoms with Crippen LogP contribution in [0.15, 0.2) is 49.1 Å². The second-order valence-electron chi connectivity index (χ2n) is 9.05. The van der Waals surface area contributed by atoms with Gasteiger partial charge in [0.05, 0.1) is 11.0 Å². The molecule has 0 bridgehead atoms. The summed E-state index contributed by atoms with van der Waals surface area (Å²) >= 11 is 6.46. The van der Waals surface area contributed by atoms with E-state index in [4.69, 9.17) is 11.6 Å². The van der Waals surface area contributed by atoms with Crippen LogP contribution in [0.25, 0.3) is 0 Å². The van der Waals surface area contributed by atoms with Gasteiger partial charge in [-0.05, 0) is 68.2 Å². The van der Waals surface area contributed by atoms with Crippen LogP contribution in [-0.2, 0) is 20.5 Å². The Morgan fingerprint density at radius 1 is 1.23 bits per heavy atom. The number of halogens is 1. The van der Waals surface area contributed by atoms with Crippen molar-refractivity contribution in [1.29, 1.82) is 0 Å². The summed E-state index contributed by atoms with van der Waals surface area (Å²) in [5.74, 6) is 0.00746. The lowest BCUT2D eigenvalue weighted by atomic mass is 9.84. The lowest BCUT2D eigenvalue weighted by Gasteiger charge is -2.34. The highest BCUT2D eigenvalue weighted by Gasteiger charge is 2.44. The van der Waals surface area contributed by atoms with E-state index in [1.165, 1.54) is 6.08 Å². The number of hydrogen-bond donors (Lipinski definition) is 1. The van der Waals surface area contributed by atoms with E-state index in [-0.39, 0.29) is 11.8 Å². The zero-order valence-corrected chi connectivity index (χ0v) is 19.2. The van der Waals surface area contributed by atoms with E-state index >= 15 is 0 Å². The lowest BCUT2D eigenvalue weighted by molar-refractivity contribution is -0.125. The summed E-state index contributed by atoms with van der Waals surface area (Å²) in [6, 6.07) is 12.0. The van der Waals surface area contributed by atoms with E-state index in [0.29, 0.717) is 18.1 Å². The number of carbonyl (C=O) groups excluding carboxylic acids is 2. The Hall–Kier alpha value is -2.79. The van der Waals surface area contributed by atoms with Gasteiger partial charge in [0.25, 0.3) is 0 Å². The number of amides is 2. The molecule has 31 heavy (non-hydrogen) atoms. The number of nitrogens with zero attached hydrogens (tertiary/aromatic N) is 2. The van der Waals surface area contributed by atoms with E-state index < -0.39 is 11.0 Å². The largest absolute Gasteiger partial charge is 0.374 e. The first-order valence-electron chi connectivity index (χ1n) is 10.5. The van der Waals surface area contributed by atoms with Crippen molar-refractivity contribution in [2.45, 2.75) is 38.1 Å². The standard InChI is InChI=1S/C25H28ClN3O2/c1-6-22(30)29-13-12-25(15-29,18-8-7-9-20(26)16(18)2)27-17-10-11-19-21(14-17)28(5)23(31)24(19,3)4/h6-11,14,27H,1,12-13,15H2,2-5H3/t25-/m1/s1. The fraction of sp³-hybridized carbons (Fsp3) is 0.360. The molecule has 0 aromatic heterocycles. The molecule has 0 spiro atoms. The molecule has 6 heteroatoms. The smallest absolute Gasteiger partial charge is 0.246 e. The van der Waals surface area contributed by atoms with Crippen LogP contribution < -0.4 is 10.2 Å². The van der Waals surface area contributed by atoms with Crippen LogP contribution in [0.3, 0.4) is 0 Å². The third-order valence-corrected chi connectivity index (χ3v) is 7.20. The maximum Gasteiger partial charge on any atom is 0.246 e. The van der Waals surface area contributed by atoms with Crippen molar-refractivity contribution in [3.63, 3.8) is 0 Å². The highest BCUT2D eigenvalue weighted by atomic mass is 35.5. The molecular weight excluding hydrogens is 410 g/mol. The summed E-state index contributed by atoms with van der Waals surface area (Å²) < 4.78 is 0. The summed E-state index contributed by atoms with van der Waals surface area (Å²) in [5.41, 5.74) is 3.89. The summed E-state index contributed by atoms with van der Waals surface area (Å²) in [7, 11) is 1.82. The van der Waals surface area contributed by atoms with Gasteiger partial charge in [-0.2, -0.15) is 0 Å². The number of nitrogens with one attached hydrogen (secondary N) is 1. The van der Waals surface area contributed by atoms with Crippen molar-refractivity contribution in [3.05, 3.63) is 70.8 Å². The summed E-state index contributed by atoms with van der Waals surface area (Å²) in [6.07, 6.45) is 2.10. The second-order valence-corrected chi connectivity index (χ2v) is 9.46. The maximum atomic E-state index is 12.7. The molecule has 0 aliphatic carbocycles. The Kier molecular flexibility index (Phi) is 5.13. The van der Waals surface area contributed by atoms with E-state index in [1.54, 1.807) is 4.90 Å². The minimum Gasteiger partial charge on any atom is -0.374 e. The minimum atomic E-state index is -0.537. The molecule has 162 valence electrons. The quantitative estimate of drug-likeness (QED) is 0.709. The van der Waals surface area contributed by atoms with Gasteiger partial charge >= 0.3 is 0 Å². The van der Waals surface area contributed by atoms with Gasteiger partial charge < -0.3 is 15.1 Å². The Balaban J connectivity index is 1.77. The van der Waals surface area contributed by atoms with Crippen LogP contribution in [0, 0.1) is 6.92 Å². The molecule has 0 radical (unpaired) electrons. The Labute approximate surface area is 188 Å². The monoisotopic (exact) mass is 437 g/mol. The normalized spacial score (nSPS) is 21.9. The highest BCUT2D eigenvalue weighted by Crippen LogP contribution is 2.44. The Morgan fingerprint density at radius 3 is 2.68 bits per heavy atom. The topological polar surface area (TPSA) is 52.7 Å². The molecule has 1 saturated heterocycles.